The third kappa shape index (κ3) is 18.3. The van der Waals surface area contributed by atoms with E-state index in [0.717, 1.165) is 27.7 Å². The number of aliphatic hydroxyl groups excluding tert-OH is 1. The van der Waals surface area contributed by atoms with Crippen LogP contribution in [-0.2, 0) is 96.8 Å². The smallest absolute Gasteiger partial charge is 0.338 e. The zero-order valence-electron chi connectivity index (χ0n) is 50.6. The van der Waals surface area contributed by atoms with E-state index in [1.54, 1.807) is 97.1 Å². The second-order valence-electron chi connectivity index (χ2n) is 21.3. The van der Waals surface area contributed by atoms with Crippen LogP contribution in [0.2, 0.25) is 0 Å². The van der Waals surface area contributed by atoms with Gasteiger partial charge in [0.25, 0.3) is 0 Å². The highest BCUT2D eigenvalue weighted by Crippen LogP contribution is 2.39. The van der Waals surface area contributed by atoms with Crippen LogP contribution in [0.3, 0.4) is 0 Å². The standard InChI is InChI=1S/C68H66O25/c1-39(69)80-37-51-52(82-40(2)70)56(83-41(3)71)59(84-42(4)72)67(87-51)93-57-53(88-62(74)45-27-15-7-16-28-45)49(36-79-35-43-23-11-5-12-24-43)86-68(60(57)91-65(77)48-33-21-10-22-34-48)92-54-50(38-81-61(73)44-25-13-6-14-26-44)85-66(78)58(90-64(76)47-31-19-9-20-32-47)55(54)89-63(75)46-29-17-8-18-30-46/h5-34,49-60,66-68,78H,35-38H2,1-4H3/t49-,50-,51-,52+,53+,54-,55+,56+,57+,58+,59-,60-,66+,67+,68+/m1/s1. The molecule has 0 bridgehead atoms. The minimum atomic E-state index is -2.19. The van der Waals surface area contributed by atoms with E-state index < -0.39 is 166 Å². The molecule has 3 aliphatic heterocycles. The summed E-state index contributed by atoms with van der Waals surface area (Å²) in [5, 5.41) is 12.1. The van der Waals surface area contributed by atoms with Crippen molar-refractivity contribution in [3.63, 3.8) is 0 Å². The Bertz CT molecular complexity index is 3490. The highest BCUT2D eigenvalue weighted by Gasteiger charge is 2.60. The van der Waals surface area contributed by atoms with E-state index in [1.165, 1.54) is 84.9 Å². The van der Waals surface area contributed by atoms with Crippen molar-refractivity contribution >= 4 is 53.7 Å². The molecule has 0 amide bonds. The van der Waals surface area contributed by atoms with E-state index in [0.29, 0.717) is 5.56 Å². The molecule has 9 rings (SSSR count). The highest BCUT2D eigenvalue weighted by molar-refractivity contribution is 5.92. The molecule has 488 valence electrons. The van der Waals surface area contributed by atoms with Gasteiger partial charge in [-0.25, -0.2) is 24.0 Å². The lowest BCUT2D eigenvalue weighted by molar-refractivity contribution is -0.377. The second-order valence-corrected chi connectivity index (χ2v) is 21.3. The van der Waals surface area contributed by atoms with Gasteiger partial charge in [-0.1, -0.05) is 121 Å². The Hall–Kier alpha value is -9.73. The van der Waals surface area contributed by atoms with Crippen molar-refractivity contribution in [2.24, 2.45) is 0 Å². The van der Waals surface area contributed by atoms with Crippen LogP contribution in [0.1, 0.15) is 85.0 Å². The zero-order chi connectivity index (χ0) is 66.0. The Kier molecular flexibility index (Phi) is 23.7. The van der Waals surface area contributed by atoms with Crippen LogP contribution < -0.4 is 0 Å². The number of aliphatic hydroxyl groups is 1. The number of hydrogen-bond donors (Lipinski definition) is 1. The van der Waals surface area contributed by atoms with Crippen LogP contribution in [0, 0.1) is 0 Å². The van der Waals surface area contributed by atoms with Gasteiger partial charge in [0, 0.05) is 27.7 Å². The fraction of sp³-hybridized carbons (Fsp3) is 0.338. The number of benzene rings is 6. The fourth-order valence-electron chi connectivity index (χ4n) is 10.4. The predicted octanol–water partition coefficient (Wildman–Crippen LogP) is 6.26. The van der Waals surface area contributed by atoms with Crippen molar-refractivity contribution < 1.29 is 119 Å². The van der Waals surface area contributed by atoms with Crippen molar-refractivity contribution in [2.75, 3.05) is 19.8 Å². The molecular formula is C68H66O25. The normalized spacial score (nSPS) is 25.7. The molecule has 3 fully saturated rings. The summed E-state index contributed by atoms with van der Waals surface area (Å²) in [4.78, 5) is 124. The Balaban J connectivity index is 1.24. The van der Waals surface area contributed by atoms with E-state index in [2.05, 4.69) is 0 Å². The summed E-state index contributed by atoms with van der Waals surface area (Å²) in [7, 11) is 0. The number of carbonyl (C=O) groups excluding carboxylic acids is 9. The monoisotopic (exact) mass is 1280 g/mol. The average Bonchev–Trinajstić information content (AvgIpc) is 0.783. The maximum Gasteiger partial charge on any atom is 0.338 e. The lowest BCUT2D eigenvalue weighted by Crippen LogP contribution is -2.69. The van der Waals surface area contributed by atoms with Crippen LogP contribution in [0.15, 0.2) is 182 Å². The average molecular weight is 1280 g/mol. The Morgan fingerprint density at radius 3 is 1.10 bits per heavy atom. The third-order valence-corrected chi connectivity index (χ3v) is 14.5. The summed E-state index contributed by atoms with van der Waals surface area (Å²) in [6, 6.07) is 46.7. The Morgan fingerprint density at radius 2 is 0.645 bits per heavy atom. The van der Waals surface area contributed by atoms with Crippen LogP contribution in [-0.4, -0.2) is 171 Å². The van der Waals surface area contributed by atoms with Gasteiger partial charge in [-0.3, -0.25) is 19.2 Å². The first-order chi connectivity index (χ1) is 44.9. The van der Waals surface area contributed by atoms with Gasteiger partial charge in [-0.15, -0.1) is 0 Å². The Labute approximate surface area is 532 Å². The summed E-state index contributed by atoms with van der Waals surface area (Å²) in [6.07, 6.45) is -29.1. The van der Waals surface area contributed by atoms with Gasteiger partial charge in [0.1, 0.15) is 43.7 Å². The van der Waals surface area contributed by atoms with Gasteiger partial charge in [-0.05, 0) is 66.2 Å². The fourth-order valence-corrected chi connectivity index (χ4v) is 10.4. The van der Waals surface area contributed by atoms with Crippen molar-refractivity contribution in [1.82, 2.24) is 0 Å². The van der Waals surface area contributed by atoms with Gasteiger partial charge in [0.15, 0.2) is 61.6 Å². The molecule has 0 saturated carbocycles. The maximum atomic E-state index is 15.0. The van der Waals surface area contributed by atoms with Crippen molar-refractivity contribution in [2.45, 2.75) is 126 Å². The van der Waals surface area contributed by atoms with Crippen LogP contribution in [0.25, 0.3) is 0 Å². The first kappa shape index (κ1) is 67.7. The highest BCUT2D eigenvalue weighted by atomic mass is 16.8. The first-order valence-electron chi connectivity index (χ1n) is 29.4. The molecule has 6 aromatic rings. The van der Waals surface area contributed by atoms with Gasteiger partial charge < -0.3 is 76.2 Å². The SMILES string of the molecule is CC(=O)OC[C@H]1O[C@@H](O[C@H]2[C@@H](OC(=O)c3ccccc3)[C@@H](COCc3ccccc3)O[C@@H](O[C@H]3[C@H](OC(=O)c4ccccc4)[C@H](OC(=O)c4ccccc4)[C@@H](O)O[C@@H]3COC(=O)c3ccccc3)[C@@H]2OC(=O)c2ccccc2)[C@H](OC(C)=O)[C@@H](OC(C)=O)[C@H]1OC(C)=O. The molecule has 0 spiro atoms. The van der Waals surface area contributed by atoms with Crippen molar-refractivity contribution in [1.29, 1.82) is 0 Å². The molecule has 15 atom stereocenters. The molecule has 0 radical (unpaired) electrons. The van der Waals surface area contributed by atoms with E-state index in [-0.39, 0.29) is 34.4 Å². The van der Waals surface area contributed by atoms with Crippen molar-refractivity contribution in [3.05, 3.63) is 215 Å². The van der Waals surface area contributed by atoms with Crippen LogP contribution >= 0.6 is 0 Å². The van der Waals surface area contributed by atoms with Crippen LogP contribution in [0.5, 0.6) is 0 Å². The lowest BCUT2D eigenvalue weighted by Gasteiger charge is -2.50. The largest absolute Gasteiger partial charge is 0.463 e. The van der Waals surface area contributed by atoms with E-state index in [9.17, 15) is 48.3 Å². The summed E-state index contributed by atoms with van der Waals surface area (Å²) in [6.45, 7) is 1.87. The molecule has 25 nitrogen and oxygen atoms in total. The maximum absolute atomic E-state index is 15.0. The minimum absolute atomic E-state index is 0.0191. The molecule has 25 heteroatoms. The molecule has 3 saturated heterocycles. The number of rotatable bonds is 24. The van der Waals surface area contributed by atoms with Crippen LogP contribution in [0.4, 0.5) is 0 Å². The minimum Gasteiger partial charge on any atom is -0.463 e. The third-order valence-electron chi connectivity index (χ3n) is 14.5. The number of ether oxygens (including phenoxy) is 15. The molecular weight excluding hydrogens is 1220 g/mol. The number of esters is 9. The molecule has 1 N–H and O–H groups in total. The molecule has 0 unspecified atom stereocenters. The van der Waals surface area contributed by atoms with E-state index in [4.69, 9.17) is 71.1 Å². The summed E-state index contributed by atoms with van der Waals surface area (Å²) in [5.74, 6) is -8.98. The van der Waals surface area contributed by atoms with E-state index >= 15 is 0 Å². The number of carbonyl (C=O) groups is 9. The molecule has 0 aromatic heterocycles. The van der Waals surface area contributed by atoms with Gasteiger partial charge in [0.2, 0.25) is 0 Å². The topological polar surface area (TPSA) is 312 Å². The second kappa shape index (κ2) is 32.5. The van der Waals surface area contributed by atoms with Gasteiger partial charge in [-0.2, -0.15) is 0 Å². The molecule has 93 heavy (non-hydrogen) atoms. The first-order valence-corrected chi connectivity index (χ1v) is 29.4. The summed E-state index contributed by atoms with van der Waals surface area (Å²) >= 11 is 0. The Morgan fingerprint density at radius 1 is 0.323 bits per heavy atom. The molecule has 0 aliphatic carbocycles. The number of hydrogen-bond acceptors (Lipinski definition) is 25. The molecule has 6 aromatic carbocycles. The van der Waals surface area contributed by atoms with Crippen molar-refractivity contribution in [3.8, 4) is 0 Å². The zero-order valence-corrected chi connectivity index (χ0v) is 50.6. The quantitative estimate of drug-likeness (QED) is 0.0516. The predicted molar refractivity (Wildman–Crippen MR) is 317 cm³/mol. The summed E-state index contributed by atoms with van der Waals surface area (Å²) < 4.78 is 93.4. The van der Waals surface area contributed by atoms with Gasteiger partial charge >= 0.3 is 53.7 Å². The molecule has 3 heterocycles. The lowest BCUT2D eigenvalue weighted by atomic mass is 9.95. The van der Waals surface area contributed by atoms with E-state index in [1.807, 2.05) is 0 Å². The summed E-state index contributed by atoms with van der Waals surface area (Å²) in [5.41, 5.74) is 0.559. The van der Waals surface area contributed by atoms with Gasteiger partial charge in [0.05, 0.1) is 41.0 Å². The molecule has 3 aliphatic rings.